The first kappa shape index (κ1) is 13.5. The van der Waals surface area contributed by atoms with Crippen LogP contribution in [0.3, 0.4) is 0 Å². The first-order valence-corrected chi connectivity index (χ1v) is 6.26. The maximum atomic E-state index is 8.86. The van der Waals surface area contributed by atoms with Gasteiger partial charge in [-0.25, -0.2) is 4.98 Å². The molecule has 0 saturated heterocycles. The summed E-state index contributed by atoms with van der Waals surface area (Å²) in [7, 11) is 0. The van der Waals surface area contributed by atoms with Crippen molar-refractivity contribution >= 4 is 0 Å². The number of nitrogens with zero attached hydrogens (tertiary/aromatic N) is 1. The minimum Gasteiger partial charge on any atom is -0.439 e. The SMILES string of the molecule is Cc1cc(CN)cc(Oc2ccc(CCO)cc2)n1. The van der Waals surface area contributed by atoms with E-state index >= 15 is 0 Å². The highest BCUT2D eigenvalue weighted by atomic mass is 16.5. The van der Waals surface area contributed by atoms with E-state index in [0.717, 1.165) is 22.6 Å². The number of hydrogen-bond donors (Lipinski definition) is 2. The topological polar surface area (TPSA) is 68.4 Å². The van der Waals surface area contributed by atoms with Crippen LogP contribution in [-0.4, -0.2) is 16.7 Å². The quantitative estimate of drug-likeness (QED) is 0.862. The molecule has 19 heavy (non-hydrogen) atoms. The molecule has 0 spiro atoms. The van der Waals surface area contributed by atoms with Gasteiger partial charge in [0.15, 0.2) is 0 Å². The maximum Gasteiger partial charge on any atom is 0.219 e. The summed E-state index contributed by atoms with van der Waals surface area (Å²) in [5, 5.41) is 8.86. The van der Waals surface area contributed by atoms with Crippen molar-refractivity contribution in [1.29, 1.82) is 0 Å². The Morgan fingerprint density at radius 3 is 2.53 bits per heavy atom. The molecule has 0 amide bonds. The second kappa shape index (κ2) is 6.31. The molecular formula is C15H18N2O2. The van der Waals surface area contributed by atoms with Gasteiger partial charge in [0.1, 0.15) is 5.75 Å². The number of ether oxygens (including phenoxy) is 1. The summed E-state index contributed by atoms with van der Waals surface area (Å²) < 4.78 is 5.71. The van der Waals surface area contributed by atoms with Crippen molar-refractivity contribution < 1.29 is 9.84 Å². The molecule has 2 rings (SSSR count). The molecule has 1 aromatic carbocycles. The lowest BCUT2D eigenvalue weighted by Gasteiger charge is -2.08. The lowest BCUT2D eigenvalue weighted by molar-refractivity contribution is 0.299. The van der Waals surface area contributed by atoms with Crippen molar-refractivity contribution in [3.63, 3.8) is 0 Å². The van der Waals surface area contributed by atoms with Crippen LogP contribution in [-0.2, 0) is 13.0 Å². The normalized spacial score (nSPS) is 10.5. The van der Waals surface area contributed by atoms with Crippen molar-refractivity contribution in [1.82, 2.24) is 4.98 Å². The number of hydrogen-bond acceptors (Lipinski definition) is 4. The average molecular weight is 258 g/mol. The van der Waals surface area contributed by atoms with Gasteiger partial charge in [-0.1, -0.05) is 12.1 Å². The molecule has 0 aliphatic carbocycles. The third kappa shape index (κ3) is 3.77. The second-order valence-corrected chi connectivity index (χ2v) is 4.38. The third-order valence-electron chi connectivity index (χ3n) is 2.77. The highest BCUT2D eigenvalue weighted by molar-refractivity contribution is 5.32. The first-order valence-electron chi connectivity index (χ1n) is 6.26. The van der Waals surface area contributed by atoms with Gasteiger partial charge in [0, 0.05) is 24.9 Å². The van der Waals surface area contributed by atoms with E-state index in [9.17, 15) is 0 Å². The predicted molar refractivity (Wildman–Crippen MR) is 74.2 cm³/mol. The van der Waals surface area contributed by atoms with E-state index in [1.165, 1.54) is 0 Å². The summed E-state index contributed by atoms with van der Waals surface area (Å²) in [4.78, 5) is 4.32. The highest BCUT2D eigenvalue weighted by Crippen LogP contribution is 2.21. The van der Waals surface area contributed by atoms with Crippen LogP contribution in [0.25, 0.3) is 0 Å². The Kier molecular flexibility index (Phi) is 4.49. The van der Waals surface area contributed by atoms with E-state index in [-0.39, 0.29) is 6.61 Å². The zero-order chi connectivity index (χ0) is 13.7. The van der Waals surface area contributed by atoms with Crippen LogP contribution >= 0.6 is 0 Å². The van der Waals surface area contributed by atoms with Crippen LogP contribution in [0.2, 0.25) is 0 Å². The van der Waals surface area contributed by atoms with Crippen molar-refractivity contribution in [3.8, 4) is 11.6 Å². The highest BCUT2D eigenvalue weighted by Gasteiger charge is 2.02. The Labute approximate surface area is 112 Å². The fourth-order valence-electron chi connectivity index (χ4n) is 1.85. The van der Waals surface area contributed by atoms with Gasteiger partial charge in [0.05, 0.1) is 0 Å². The zero-order valence-electron chi connectivity index (χ0n) is 11.0. The second-order valence-electron chi connectivity index (χ2n) is 4.38. The maximum absolute atomic E-state index is 8.86. The summed E-state index contributed by atoms with van der Waals surface area (Å²) in [6, 6.07) is 11.4. The minimum atomic E-state index is 0.152. The van der Waals surface area contributed by atoms with Crippen LogP contribution in [0.1, 0.15) is 16.8 Å². The summed E-state index contributed by atoms with van der Waals surface area (Å²) in [5.41, 5.74) is 8.59. The van der Waals surface area contributed by atoms with Crippen LogP contribution in [0.5, 0.6) is 11.6 Å². The molecule has 4 nitrogen and oxygen atoms in total. The van der Waals surface area contributed by atoms with Gasteiger partial charge >= 0.3 is 0 Å². The molecule has 0 aliphatic rings. The summed E-state index contributed by atoms with van der Waals surface area (Å²) in [6.45, 7) is 2.53. The summed E-state index contributed by atoms with van der Waals surface area (Å²) >= 11 is 0. The standard InChI is InChI=1S/C15H18N2O2/c1-11-8-13(10-16)9-15(17-11)19-14-4-2-12(3-5-14)6-7-18/h2-5,8-9,18H,6-7,10,16H2,1H3. The molecule has 1 aromatic heterocycles. The number of aryl methyl sites for hydroxylation is 1. The number of aromatic nitrogens is 1. The molecule has 0 unspecified atom stereocenters. The number of aliphatic hydroxyl groups excluding tert-OH is 1. The Balaban J connectivity index is 2.14. The Morgan fingerprint density at radius 1 is 1.16 bits per heavy atom. The Hall–Kier alpha value is -1.91. The van der Waals surface area contributed by atoms with Crippen molar-refractivity contribution in [2.24, 2.45) is 5.73 Å². The number of benzene rings is 1. The van der Waals surface area contributed by atoms with Crippen LogP contribution in [0, 0.1) is 6.92 Å². The molecule has 3 N–H and O–H groups in total. The zero-order valence-corrected chi connectivity index (χ0v) is 11.0. The largest absolute Gasteiger partial charge is 0.439 e. The number of aliphatic hydroxyl groups is 1. The lowest BCUT2D eigenvalue weighted by Crippen LogP contribution is -1.99. The van der Waals surface area contributed by atoms with Crippen LogP contribution < -0.4 is 10.5 Å². The first-order chi connectivity index (χ1) is 9.21. The molecule has 2 aromatic rings. The summed E-state index contributed by atoms with van der Waals surface area (Å²) in [5.74, 6) is 1.28. The van der Waals surface area contributed by atoms with Crippen molar-refractivity contribution in [2.75, 3.05) is 6.61 Å². The number of rotatable bonds is 5. The predicted octanol–water partition coefficient (Wildman–Crippen LogP) is 2.18. The molecule has 0 atom stereocenters. The molecule has 4 heteroatoms. The lowest BCUT2D eigenvalue weighted by atomic mass is 10.1. The number of pyridine rings is 1. The van der Waals surface area contributed by atoms with Gasteiger partial charge in [-0.2, -0.15) is 0 Å². The van der Waals surface area contributed by atoms with Crippen molar-refractivity contribution in [3.05, 3.63) is 53.2 Å². The number of nitrogens with two attached hydrogens (primary N) is 1. The molecule has 0 radical (unpaired) electrons. The van der Waals surface area contributed by atoms with Crippen LogP contribution in [0.4, 0.5) is 0 Å². The van der Waals surface area contributed by atoms with Gasteiger partial charge in [0.25, 0.3) is 0 Å². The van der Waals surface area contributed by atoms with Crippen LogP contribution in [0.15, 0.2) is 36.4 Å². The average Bonchev–Trinajstić information content (AvgIpc) is 2.40. The fourth-order valence-corrected chi connectivity index (χ4v) is 1.85. The van der Waals surface area contributed by atoms with Gasteiger partial charge < -0.3 is 15.6 Å². The van der Waals surface area contributed by atoms with E-state index in [1.807, 2.05) is 43.3 Å². The van der Waals surface area contributed by atoms with Crippen molar-refractivity contribution in [2.45, 2.75) is 19.9 Å². The molecule has 100 valence electrons. The van der Waals surface area contributed by atoms with Gasteiger partial charge in [-0.3, -0.25) is 0 Å². The van der Waals surface area contributed by atoms with E-state index in [4.69, 9.17) is 15.6 Å². The van der Waals surface area contributed by atoms with E-state index in [2.05, 4.69) is 4.98 Å². The molecule has 0 bridgehead atoms. The minimum absolute atomic E-state index is 0.152. The molecule has 1 heterocycles. The fraction of sp³-hybridized carbons (Fsp3) is 0.267. The Morgan fingerprint density at radius 2 is 1.89 bits per heavy atom. The van der Waals surface area contributed by atoms with Gasteiger partial charge in [0.2, 0.25) is 5.88 Å². The molecule has 0 fully saturated rings. The smallest absolute Gasteiger partial charge is 0.219 e. The third-order valence-corrected chi connectivity index (χ3v) is 2.77. The van der Waals surface area contributed by atoms with E-state index in [1.54, 1.807) is 0 Å². The van der Waals surface area contributed by atoms with E-state index < -0.39 is 0 Å². The molecular weight excluding hydrogens is 240 g/mol. The monoisotopic (exact) mass is 258 g/mol. The van der Waals surface area contributed by atoms with E-state index in [0.29, 0.717) is 18.8 Å². The van der Waals surface area contributed by atoms with Gasteiger partial charge in [-0.05, 0) is 42.7 Å². The molecule has 0 saturated carbocycles. The Bertz CT molecular complexity index is 538. The molecule has 0 aliphatic heterocycles. The summed E-state index contributed by atoms with van der Waals surface area (Å²) in [6.07, 6.45) is 0.653. The van der Waals surface area contributed by atoms with Gasteiger partial charge in [-0.15, -0.1) is 0 Å².